The highest BCUT2D eigenvalue weighted by Gasteiger charge is 2.04. The van der Waals surface area contributed by atoms with Gasteiger partial charge in [-0.3, -0.25) is 0 Å². The second-order valence-electron chi connectivity index (χ2n) is 4.18. The molecule has 0 saturated carbocycles. The summed E-state index contributed by atoms with van der Waals surface area (Å²) in [5.41, 5.74) is 8.75. The van der Waals surface area contributed by atoms with Crippen LogP contribution in [0.25, 0.3) is 22.2 Å². The Morgan fingerprint density at radius 1 is 1.05 bits per heavy atom. The SMILES string of the molecule is Nc1ccc(-c2c[c]c3ccc(Cl)cc3n2)cc1Cl. The van der Waals surface area contributed by atoms with E-state index in [1.165, 1.54) is 0 Å². The van der Waals surface area contributed by atoms with Crippen molar-refractivity contribution in [3.8, 4) is 11.3 Å². The lowest BCUT2D eigenvalue weighted by atomic mass is 10.1. The van der Waals surface area contributed by atoms with Crippen LogP contribution < -0.4 is 5.73 Å². The van der Waals surface area contributed by atoms with E-state index in [-0.39, 0.29) is 0 Å². The molecule has 0 aliphatic carbocycles. The zero-order valence-corrected chi connectivity index (χ0v) is 11.3. The zero-order valence-electron chi connectivity index (χ0n) is 9.82. The average molecular weight is 288 g/mol. The highest BCUT2D eigenvalue weighted by molar-refractivity contribution is 6.33. The van der Waals surface area contributed by atoms with Crippen LogP contribution in [-0.2, 0) is 0 Å². The van der Waals surface area contributed by atoms with Crippen molar-refractivity contribution in [3.63, 3.8) is 0 Å². The molecule has 0 aliphatic rings. The third-order valence-electron chi connectivity index (χ3n) is 2.86. The zero-order chi connectivity index (χ0) is 13.4. The van der Waals surface area contributed by atoms with Crippen molar-refractivity contribution in [2.75, 3.05) is 5.73 Å². The van der Waals surface area contributed by atoms with E-state index in [0.717, 1.165) is 22.2 Å². The highest BCUT2D eigenvalue weighted by Crippen LogP contribution is 2.27. The fourth-order valence-electron chi connectivity index (χ4n) is 1.86. The predicted molar refractivity (Wildman–Crippen MR) is 80.4 cm³/mol. The number of rotatable bonds is 1. The summed E-state index contributed by atoms with van der Waals surface area (Å²) in [6.45, 7) is 0. The number of pyridine rings is 1. The molecule has 0 fully saturated rings. The fourth-order valence-corrected chi connectivity index (χ4v) is 2.21. The summed E-state index contributed by atoms with van der Waals surface area (Å²) in [5.74, 6) is 0. The Labute approximate surface area is 120 Å². The molecule has 0 amide bonds. The first-order chi connectivity index (χ1) is 9.13. The minimum atomic E-state index is 0.519. The van der Waals surface area contributed by atoms with Gasteiger partial charge in [0, 0.05) is 16.0 Å². The van der Waals surface area contributed by atoms with Crippen molar-refractivity contribution in [1.29, 1.82) is 0 Å². The molecule has 4 heteroatoms. The van der Waals surface area contributed by atoms with Crippen LogP contribution in [0, 0.1) is 6.07 Å². The number of aromatic nitrogens is 1. The van der Waals surface area contributed by atoms with Gasteiger partial charge in [0.15, 0.2) is 0 Å². The van der Waals surface area contributed by atoms with E-state index < -0.39 is 0 Å². The van der Waals surface area contributed by atoms with Crippen LogP contribution >= 0.6 is 23.2 Å². The van der Waals surface area contributed by atoms with Gasteiger partial charge < -0.3 is 5.73 Å². The molecule has 19 heavy (non-hydrogen) atoms. The Balaban J connectivity index is 2.16. The van der Waals surface area contributed by atoms with Crippen molar-refractivity contribution in [1.82, 2.24) is 4.98 Å². The van der Waals surface area contributed by atoms with Crippen molar-refractivity contribution in [2.45, 2.75) is 0 Å². The summed E-state index contributed by atoms with van der Waals surface area (Å²) < 4.78 is 0. The molecule has 1 aromatic heterocycles. The molecule has 0 aliphatic heterocycles. The molecule has 3 aromatic rings. The second kappa shape index (κ2) is 4.72. The number of nitrogens with two attached hydrogens (primary N) is 1. The Bertz CT molecular complexity index is 769. The van der Waals surface area contributed by atoms with Gasteiger partial charge in [0.25, 0.3) is 0 Å². The van der Waals surface area contributed by atoms with Gasteiger partial charge in [-0.1, -0.05) is 35.3 Å². The Kier molecular flexibility index (Phi) is 3.05. The van der Waals surface area contributed by atoms with Crippen LogP contribution in [-0.4, -0.2) is 4.98 Å². The minimum Gasteiger partial charge on any atom is -0.398 e. The van der Waals surface area contributed by atoms with Gasteiger partial charge in [-0.15, -0.1) is 0 Å². The molecule has 1 radical (unpaired) electrons. The molecule has 2 N–H and O–H groups in total. The number of benzene rings is 2. The van der Waals surface area contributed by atoms with Crippen molar-refractivity contribution in [3.05, 3.63) is 58.6 Å². The number of anilines is 1. The highest BCUT2D eigenvalue weighted by atomic mass is 35.5. The van der Waals surface area contributed by atoms with Crippen LogP contribution in [0.15, 0.2) is 42.5 Å². The molecular formula is C15H9Cl2N2. The van der Waals surface area contributed by atoms with Gasteiger partial charge in [-0.2, -0.15) is 0 Å². The molecule has 0 spiro atoms. The summed E-state index contributed by atoms with van der Waals surface area (Å²) in [7, 11) is 0. The Hall–Kier alpha value is -1.77. The number of hydrogen-bond acceptors (Lipinski definition) is 2. The van der Waals surface area contributed by atoms with Crippen molar-refractivity contribution >= 4 is 39.8 Å². The second-order valence-corrected chi connectivity index (χ2v) is 5.03. The fraction of sp³-hybridized carbons (Fsp3) is 0. The first-order valence-electron chi connectivity index (χ1n) is 5.67. The topological polar surface area (TPSA) is 38.9 Å². The monoisotopic (exact) mass is 287 g/mol. The van der Waals surface area contributed by atoms with E-state index in [2.05, 4.69) is 11.1 Å². The molecule has 93 valence electrons. The molecule has 3 rings (SSSR count). The molecule has 2 aromatic carbocycles. The van der Waals surface area contributed by atoms with E-state index >= 15 is 0 Å². The molecule has 0 bridgehead atoms. The van der Waals surface area contributed by atoms with Crippen LogP contribution in [0.2, 0.25) is 10.0 Å². The quantitative estimate of drug-likeness (QED) is 0.665. The van der Waals surface area contributed by atoms with Crippen molar-refractivity contribution < 1.29 is 0 Å². The number of nitrogens with zero attached hydrogens (tertiary/aromatic N) is 1. The third-order valence-corrected chi connectivity index (χ3v) is 3.42. The molecule has 0 unspecified atom stereocenters. The molecule has 1 heterocycles. The summed E-state index contributed by atoms with van der Waals surface area (Å²) in [4.78, 5) is 4.56. The third kappa shape index (κ3) is 2.37. The number of halogens is 2. The maximum Gasteiger partial charge on any atom is 0.0730 e. The van der Waals surface area contributed by atoms with E-state index in [9.17, 15) is 0 Å². The Morgan fingerprint density at radius 3 is 2.68 bits per heavy atom. The van der Waals surface area contributed by atoms with Crippen LogP contribution in [0.3, 0.4) is 0 Å². The summed E-state index contributed by atoms with van der Waals surface area (Å²) in [6.07, 6.45) is 0. The van der Waals surface area contributed by atoms with Gasteiger partial charge in [0.2, 0.25) is 0 Å². The maximum absolute atomic E-state index is 6.02. The predicted octanol–water partition coefficient (Wildman–Crippen LogP) is 4.59. The number of fused-ring (bicyclic) bond motifs is 1. The lowest BCUT2D eigenvalue weighted by Crippen LogP contribution is -1.89. The summed E-state index contributed by atoms with van der Waals surface area (Å²) in [6, 6.07) is 16.0. The largest absolute Gasteiger partial charge is 0.398 e. The average Bonchev–Trinajstić information content (AvgIpc) is 2.41. The lowest BCUT2D eigenvalue weighted by molar-refractivity contribution is 1.40. The van der Waals surface area contributed by atoms with Gasteiger partial charge in [0.1, 0.15) is 0 Å². The molecule has 0 atom stereocenters. The normalized spacial score (nSPS) is 10.8. The van der Waals surface area contributed by atoms with Crippen LogP contribution in [0.1, 0.15) is 0 Å². The van der Waals surface area contributed by atoms with Gasteiger partial charge >= 0.3 is 0 Å². The summed E-state index contributed by atoms with van der Waals surface area (Å²) in [5, 5.41) is 2.10. The number of hydrogen-bond donors (Lipinski definition) is 1. The van der Waals surface area contributed by atoms with Crippen LogP contribution in [0.5, 0.6) is 0 Å². The van der Waals surface area contributed by atoms with Crippen molar-refractivity contribution in [2.24, 2.45) is 0 Å². The van der Waals surface area contributed by atoms with Crippen LogP contribution in [0.4, 0.5) is 5.69 Å². The van der Waals surface area contributed by atoms with Gasteiger partial charge in [-0.05, 0) is 36.4 Å². The van der Waals surface area contributed by atoms with Gasteiger partial charge in [0.05, 0.1) is 21.9 Å². The minimum absolute atomic E-state index is 0.519. The van der Waals surface area contributed by atoms with Gasteiger partial charge in [-0.25, -0.2) is 4.98 Å². The first-order valence-corrected chi connectivity index (χ1v) is 6.42. The Morgan fingerprint density at radius 2 is 1.89 bits per heavy atom. The summed E-state index contributed by atoms with van der Waals surface area (Å²) >= 11 is 12.0. The molecule has 0 saturated heterocycles. The molecule has 2 nitrogen and oxygen atoms in total. The first kappa shape index (κ1) is 12.3. The maximum atomic E-state index is 6.02. The van der Waals surface area contributed by atoms with E-state index in [0.29, 0.717) is 15.7 Å². The van der Waals surface area contributed by atoms with E-state index in [4.69, 9.17) is 28.9 Å². The van der Waals surface area contributed by atoms with E-state index in [1.54, 1.807) is 12.1 Å². The van der Waals surface area contributed by atoms with E-state index in [1.807, 2.05) is 30.3 Å². The lowest BCUT2D eigenvalue weighted by Gasteiger charge is -2.05. The smallest absolute Gasteiger partial charge is 0.0730 e. The standard InChI is InChI=1S/C15H9Cl2N2/c16-11-4-1-9-3-6-14(19-15(9)8-11)10-2-5-13(18)12(17)7-10/h1-2,4-8H,18H2. The molecular weight excluding hydrogens is 279 g/mol. The number of nitrogen functional groups attached to an aromatic ring is 1.